The van der Waals surface area contributed by atoms with Crippen LogP contribution in [0.4, 0.5) is 0 Å². The van der Waals surface area contributed by atoms with E-state index in [2.05, 4.69) is 24.0 Å². The standard InChI is InChI=1S/C13H21N5/c1-4-6-17-9-11(8-15-17)13(14)12-7-10(3)16-18(12)5-2/h7-9,13H,4-6,14H2,1-3H3. The molecule has 18 heavy (non-hydrogen) atoms. The number of nitrogens with zero attached hydrogens (tertiary/aromatic N) is 4. The Morgan fingerprint density at radius 2 is 2.17 bits per heavy atom. The summed E-state index contributed by atoms with van der Waals surface area (Å²) in [6.07, 6.45) is 4.95. The molecule has 0 spiro atoms. The molecule has 0 saturated heterocycles. The third kappa shape index (κ3) is 2.46. The van der Waals surface area contributed by atoms with E-state index >= 15 is 0 Å². The fourth-order valence-electron chi connectivity index (χ4n) is 2.13. The van der Waals surface area contributed by atoms with E-state index in [1.807, 2.05) is 34.7 Å². The normalized spacial score (nSPS) is 12.9. The van der Waals surface area contributed by atoms with E-state index < -0.39 is 0 Å². The summed E-state index contributed by atoms with van der Waals surface area (Å²) in [5.41, 5.74) is 9.39. The Bertz CT molecular complexity index is 511. The van der Waals surface area contributed by atoms with Crippen molar-refractivity contribution in [2.24, 2.45) is 5.73 Å². The van der Waals surface area contributed by atoms with Crippen LogP contribution < -0.4 is 5.73 Å². The van der Waals surface area contributed by atoms with Gasteiger partial charge in [-0.25, -0.2) is 0 Å². The second-order valence-electron chi connectivity index (χ2n) is 4.54. The predicted molar refractivity (Wildman–Crippen MR) is 71.2 cm³/mol. The van der Waals surface area contributed by atoms with E-state index in [4.69, 9.17) is 5.73 Å². The van der Waals surface area contributed by atoms with Gasteiger partial charge in [0.1, 0.15) is 0 Å². The zero-order chi connectivity index (χ0) is 13.1. The summed E-state index contributed by atoms with van der Waals surface area (Å²) in [6.45, 7) is 7.96. The van der Waals surface area contributed by atoms with Gasteiger partial charge in [0.2, 0.25) is 0 Å². The molecule has 2 N–H and O–H groups in total. The molecule has 0 amide bonds. The zero-order valence-electron chi connectivity index (χ0n) is 11.3. The minimum atomic E-state index is -0.156. The number of hydrogen-bond donors (Lipinski definition) is 1. The van der Waals surface area contributed by atoms with Gasteiger partial charge in [-0.2, -0.15) is 10.2 Å². The summed E-state index contributed by atoms with van der Waals surface area (Å²) >= 11 is 0. The smallest absolute Gasteiger partial charge is 0.0754 e. The number of hydrogen-bond acceptors (Lipinski definition) is 3. The van der Waals surface area contributed by atoms with Gasteiger partial charge in [-0.05, 0) is 26.3 Å². The Morgan fingerprint density at radius 3 is 2.83 bits per heavy atom. The van der Waals surface area contributed by atoms with E-state index in [1.165, 1.54) is 0 Å². The fraction of sp³-hybridized carbons (Fsp3) is 0.538. The second-order valence-corrected chi connectivity index (χ2v) is 4.54. The topological polar surface area (TPSA) is 61.7 Å². The SMILES string of the molecule is CCCn1cc(C(N)c2cc(C)nn2CC)cn1. The van der Waals surface area contributed by atoms with Crippen molar-refractivity contribution < 1.29 is 0 Å². The molecule has 2 aromatic heterocycles. The Balaban J connectivity index is 2.25. The highest BCUT2D eigenvalue weighted by Gasteiger charge is 2.16. The van der Waals surface area contributed by atoms with Crippen LogP contribution in [0, 0.1) is 6.92 Å². The van der Waals surface area contributed by atoms with Crippen LogP contribution in [-0.2, 0) is 13.1 Å². The zero-order valence-corrected chi connectivity index (χ0v) is 11.3. The Hall–Kier alpha value is -1.62. The lowest BCUT2D eigenvalue weighted by atomic mass is 10.1. The van der Waals surface area contributed by atoms with Crippen molar-refractivity contribution >= 4 is 0 Å². The van der Waals surface area contributed by atoms with Crippen LogP contribution in [0.1, 0.15) is 43.3 Å². The van der Waals surface area contributed by atoms with Gasteiger partial charge >= 0.3 is 0 Å². The van der Waals surface area contributed by atoms with Crippen molar-refractivity contribution in [2.75, 3.05) is 0 Å². The molecule has 5 nitrogen and oxygen atoms in total. The first kappa shape index (κ1) is 12.8. The number of aryl methyl sites for hydroxylation is 3. The number of rotatable bonds is 5. The number of aromatic nitrogens is 4. The van der Waals surface area contributed by atoms with Crippen molar-refractivity contribution in [3.63, 3.8) is 0 Å². The van der Waals surface area contributed by atoms with Gasteiger partial charge in [0, 0.05) is 24.8 Å². The van der Waals surface area contributed by atoms with Gasteiger partial charge in [-0.15, -0.1) is 0 Å². The molecule has 98 valence electrons. The molecular weight excluding hydrogens is 226 g/mol. The van der Waals surface area contributed by atoms with Crippen LogP contribution in [0.3, 0.4) is 0 Å². The van der Waals surface area contributed by atoms with Gasteiger partial charge in [0.05, 0.1) is 23.6 Å². The van der Waals surface area contributed by atoms with Crippen LogP contribution in [0.25, 0.3) is 0 Å². The molecule has 0 fully saturated rings. The summed E-state index contributed by atoms with van der Waals surface area (Å²) in [6, 6.07) is 1.89. The van der Waals surface area contributed by atoms with Gasteiger partial charge in [-0.3, -0.25) is 9.36 Å². The molecule has 5 heteroatoms. The van der Waals surface area contributed by atoms with Crippen molar-refractivity contribution in [3.8, 4) is 0 Å². The minimum absolute atomic E-state index is 0.156. The van der Waals surface area contributed by atoms with Crippen LogP contribution in [0.2, 0.25) is 0 Å². The highest BCUT2D eigenvalue weighted by molar-refractivity contribution is 5.24. The second kappa shape index (κ2) is 5.35. The molecule has 1 unspecified atom stereocenters. The average molecular weight is 247 g/mol. The predicted octanol–water partition coefficient (Wildman–Crippen LogP) is 1.87. The molecule has 0 radical (unpaired) electrons. The Labute approximate surface area is 108 Å². The molecule has 0 saturated carbocycles. The van der Waals surface area contributed by atoms with Gasteiger partial charge in [0.15, 0.2) is 0 Å². The number of nitrogens with two attached hydrogens (primary N) is 1. The molecular formula is C13H21N5. The van der Waals surface area contributed by atoms with Gasteiger partial charge < -0.3 is 5.73 Å². The molecule has 0 aliphatic carbocycles. The van der Waals surface area contributed by atoms with Gasteiger partial charge in [-0.1, -0.05) is 6.92 Å². The summed E-state index contributed by atoms with van der Waals surface area (Å²) in [5.74, 6) is 0. The third-order valence-electron chi connectivity index (χ3n) is 3.02. The lowest BCUT2D eigenvalue weighted by Crippen LogP contribution is -2.16. The van der Waals surface area contributed by atoms with E-state index in [0.717, 1.165) is 36.5 Å². The molecule has 2 rings (SSSR count). The summed E-state index contributed by atoms with van der Waals surface area (Å²) < 4.78 is 3.89. The fourth-order valence-corrected chi connectivity index (χ4v) is 2.13. The maximum absolute atomic E-state index is 6.30. The van der Waals surface area contributed by atoms with Gasteiger partial charge in [0.25, 0.3) is 0 Å². The van der Waals surface area contributed by atoms with Crippen LogP contribution in [0.5, 0.6) is 0 Å². The largest absolute Gasteiger partial charge is 0.319 e. The quantitative estimate of drug-likeness (QED) is 0.877. The first-order valence-corrected chi connectivity index (χ1v) is 6.48. The molecule has 1 atom stereocenters. The minimum Gasteiger partial charge on any atom is -0.319 e. The van der Waals surface area contributed by atoms with Crippen LogP contribution in [-0.4, -0.2) is 19.6 Å². The maximum Gasteiger partial charge on any atom is 0.0754 e. The molecule has 2 heterocycles. The van der Waals surface area contributed by atoms with Crippen LogP contribution in [0.15, 0.2) is 18.5 Å². The van der Waals surface area contributed by atoms with Crippen molar-refractivity contribution in [3.05, 3.63) is 35.4 Å². The van der Waals surface area contributed by atoms with E-state index in [-0.39, 0.29) is 6.04 Å². The van der Waals surface area contributed by atoms with Crippen molar-refractivity contribution in [1.82, 2.24) is 19.6 Å². The molecule has 0 aliphatic rings. The monoisotopic (exact) mass is 247 g/mol. The summed E-state index contributed by atoms with van der Waals surface area (Å²) in [7, 11) is 0. The highest BCUT2D eigenvalue weighted by atomic mass is 15.3. The van der Waals surface area contributed by atoms with Crippen LogP contribution >= 0.6 is 0 Å². The molecule has 0 aliphatic heterocycles. The molecule has 0 bridgehead atoms. The van der Waals surface area contributed by atoms with E-state index in [9.17, 15) is 0 Å². The van der Waals surface area contributed by atoms with Crippen molar-refractivity contribution in [2.45, 2.75) is 46.3 Å². The summed E-state index contributed by atoms with van der Waals surface area (Å²) in [4.78, 5) is 0. The third-order valence-corrected chi connectivity index (χ3v) is 3.02. The Kier molecular flexibility index (Phi) is 3.81. The Morgan fingerprint density at radius 1 is 1.39 bits per heavy atom. The van der Waals surface area contributed by atoms with Crippen molar-refractivity contribution in [1.29, 1.82) is 0 Å². The first-order chi connectivity index (χ1) is 8.65. The molecule has 2 aromatic rings. The van der Waals surface area contributed by atoms with E-state index in [1.54, 1.807) is 0 Å². The average Bonchev–Trinajstić information content (AvgIpc) is 2.95. The lowest BCUT2D eigenvalue weighted by Gasteiger charge is -2.11. The molecule has 0 aromatic carbocycles. The maximum atomic E-state index is 6.30. The summed E-state index contributed by atoms with van der Waals surface area (Å²) in [5, 5.41) is 8.75. The lowest BCUT2D eigenvalue weighted by molar-refractivity contribution is 0.592. The first-order valence-electron chi connectivity index (χ1n) is 6.48. The van der Waals surface area contributed by atoms with E-state index in [0.29, 0.717) is 0 Å². The highest BCUT2D eigenvalue weighted by Crippen LogP contribution is 2.20.